The van der Waals surface area contributed by atoms with Gasteiger partial charge in [-0.2, -0.15) is 14.4 Å². The third-order valence-electron chi connectivity index (χ3n) is 16.0. The molecule has 0 saturated heterocycles. The molecule has 0 bridgehead atoms. The van der Waals surface area contributed by atoms with E-state index in [2.05, 4.69) is 39.5 Å². The molecule has 15 nitrogen and oxygen atoms in total. The van der Waals surface area contributed by atoms with E-state index in [9.17, 15) is 28.8 Å². The van der Waals surface area contributed by atoms with Gasteiger partial charge in [0.15, 0.2) is 0 Å². The Labute approximate surface area is 469 Å². The number of benzene rings is 3. The highest BCUT2D eigenvalue weighted by molar-refractivity contribution is 6.83. The molecular weight excluding hydrogens is 1060 g/mol. The maximum atomic E-state index is 13.2. The molecule has 0 atom stereocenters. The first-order valence-corrected chi connectivity index (χ1v) is 33.4. The van der Waals surface area contributed by atoms with E-state index in [0.717, 1.165) is 90.0 Å². The van der Waals surface area contributed by atoms with Crippen LogP contribution in [-0.4, -0.2) is 81.1 Å². The summed E-state index contributed by atoms with van der Waals surface area (Å²) in [6.07, 6.45) is 5.54. The minimum atomic E-state index is -1.90. The molecule has 422 valence electrons. The summed E-state index contributed by atoms with van der Waals surface area (Å²) in [7, 11) is -5.70. The van der Waals surface area contributed by atoms with Gasteiger partial charge in [0.25, 0.3) is 0 Å². The van der Waals surface area contributed by atoms with Crippen molar-refractivity contribution in [2.75, 3.05) is 0 Å². The van der Waals surface area contributed by atoms with Crippen molar-refractivity contribution in [1.82, 2.24) is 0 Å². The van der Waals surface area contributed by atoms with E-state index in [1.54, 1.807) is 52.4 Å². The first kappa shape index (κ1) is 61.2. The van der Waals surface area contributed by atoms with Crippen LogP contribution in [0.2, 0.25) is 0 Å². The Kier molecular flexibility index (Phi) is 23.5. The number of ether oxygens (including phenoxy) is 3. The molecule has 3 saturated carbocycles. The second-order valence-corrected chi connectivity index (χ2v) is 28.3. The molecule has 3 aromatic rings. The summed E-state index contributed by atoms with van der Waals surface area (Å²) >= 11 is 0. The van der Waals surface area contributed by atoms with Crippen molar-refractivity contribution in [3.8, 4) is 0 Å². The SMILES string of the molecule is C=C[SiH](C=C)c1cc(CC)ccc1C(=O)OOC(=O)OC1CCC(C(C2CCC(OC(=O)OOC(=O)c3ccc(CC)cc3[SiH](C=C)C=C)CC2)C2CCC(OC(=O)OOC(=O)c3ccc(CC)cc3[SiH](C=C)C=C)CC2)CC1. The van der Waals surface area contributed by atoms with Crippen molar-refractivity contribution < 1.29 is 72.3 Å². The first-order valence-electron chi connectivity index (χ1n) is 27.6. The van der Waals surface area contributed by atoms with Gasteiger partial charge in [-0.25, -0.2) is 43.7 Å². The van der Waals surface area contributed by atoms with E-state index in [0.29, 0.717) is 38.5 Å². The topological polar surface area (TPSA) is 185 Å². The van der Waals surface area contributed by atoms with Gasteiger partial charge in [-0.3, -0.25) is 0 Å². The molecule has 3 aliphatic carbocycles. The Morgan fingerprint density at radius 3 is 0.861 bits per heavy atom. The summed E-state index contributed by atoms with van der Waals surface area (Å²) in [5.41, 5.74) is 14.8. The maximum Gasteiger partial charge on any atom is 0.550 e. The van der Waals surface area contributed by atoms with Crippen molar-refractivity contribution in [3.05, 3.63) is 162 Å². The standard InChI is InChI=1S/C61H76O15Si3/c1-10-40-19-34-49(52(37-40)77(13-4)14-5)56(62)71-74-59(65)68-46-28-22-43(23-29-46)55(44-24-30-47(31-25-44)69-60(66)75-72-57(63)50-35-20-41(11-2)38-53(50)78(15-6)16-7)45-26-32-48(33-27-45)70-61(67)76-73-58(64)51-36-21-42(12-3)39-54(51)79(17-8)18-9/h13-21,34-39,43-48,55,77-79H,4-12,22-33H2,1-3H3. The van der Waals surface area contributed by atoms with Crippen molar-refractivity contribution in [3.63, 3.8) is 0 Å². The number of rotatable bonds is 21. The van der Waals surface area contributed by atoms with Crippen LogP contribution in [0.3, 0.4) is 0 Å². The zero-order chi connectivity index (χ0) is 57.0. The van der Waals surface area contributed by atoms with Gasteiger partial charge in [-0.1, -0.05) is 91.4 Å². The molecule has 3 aromatic carbocycles. The van der Waals surface area contributed by atoms with E-state index < -0.39 is 81.1 Å². The van der Waals surface area contributed by atoms with Gasteiger partial charge in [0.1, 0.15) is 44.7 Å². The fourth-order valence-electron chi connectivity index (χ4n) is 11.7. The molecule has 0 heterocycles. The Morgan fingerprint density at radius 2 is 0.646 bits per heavy atom. The lowest BCUT2D eigenvalue weighted by Crippen LogP contribution is -2.40. The van der Waals surface area contributed by atoms with Crippen LogP contribution in [0.5, 0.6) is 0 Å². The molecule has 0 radical (unpaired) electrons. The molecule has 0 amide bonds. The van der Waals surface area contributed by atoms with Crippen LogP contribution in [0.15, 0.2) is 128 Å². The van der Waals surface area contributed by atoms with Crippen LogP contribution in [0.1, 0.15) is 146 Å². The fourth-order valence-corrected chi connectivity index (χ4v) is 16.7. The third-order valence-corrected chi connectivity index (χ3v) is 22.6. The summed E-state index contributed by atoms with van der Waals surface area (Å²) in [5.74, 6) is -1.43. The largest absolute Gasteiger partial charge is 0.550 e. The first-order chi connectivity index (χ1) is 38.2. The van der Waals surface area contributed by atoms with Crippen molar-refractivity contribution in [1.29, 1.82) is 0 Å². The van der Waals surface area contributed by atoms with E-state index in [1.807, 2.05) is 57.2 Å². The second-order valence-electron chi connectivity index (χ2n) is 20.5. The molecule has 6 rings (SSSR count). The lowest BCUT2D eigenvalue weighted by molar-refractivity contribution is -0.209. The Bertz CT molecular complexity index is 2380. The second kappa shape index (κ2) is 30.4. The normalized spacial score (nSPS) is 20.3. The smallest absolute Gasteiger partial charge is 0.428 e. The molecule has 0 spiro atoms. The van der Waals surface area contributed by atoms with Crippen LogP contribution in [0, 0.1) is 23.7 Å². The number of aryl methyl sites for hydroxylation is 3. The average Bonchev–Trinajstić information content (AvgIpc) is 3.48. The van der Waals surface area contributed by atoms with Crippen LogP contribution < -0.4 is 15.6 Å². The quantitative estimate of drug-likeness (QED) is 0.0322. The van der Waals surface area contributed by atoms with Gasteiger partial charge in [0.05, 0.1) is 16.7 Å². The number of hydrogen-bond acceptors (Lipinski definition) is 15. The average molecular weight is 1130 g/mol. The summed E-state index contributed by atoms with van der Waals surface area (Å²) < 4.78 is 17.1. The van der Waals surface area contributed by atoms with Gasteiger partial charge in [0.2, 0.25) is 0 Å². The molecule has 18 heteroatoms. The third kappa shape index (κ3) is 16.5. The summed E-state index contributed by atoms with van der Waals surface area (Å²) in [6.45, 7) is 29.6. The van der Waals surface area contributed by atoms with Crippen molar-refractivity contribution >= 4 is 78.3 Å². The molecule has 3 fully saturated rings. The van der Waals surface area contributed by atoms with Gasteiger partial charge < -0.3 is 14.2 Å². The predicted octanol–water partition coefficient (Wildman–Crippen LogP) is 10.4. The highest BCUT2D eigenvalue weighted by Crippen LogP contribution is 2.48. The van der Waals surface area contributed by atoms with Gasteiger partial charge >= 0.3 is 36.4 Å². The molecule has 0 aromatic heterocycles. The van der Waals surface area contributed by atoms with E-state index in [1.165, 1.54) is 0 Å². The fraction of sp³-hybridized carbons (Fsp3) is 0.410. The maximum absolute atomic E-state index is 13.2. The number of carbonyl (C=O) groups excluding carboxylic acids is 6. The molecule has 0 N–H and O–H groups in total. The van der Waals surface area contributed by atoms with Gasteiger partial charge in [-0.15, -0.1) is 39.5 Å². The lowest BCUT2D eigenvalue weighted by atomic mass is 9.61. The van der Waals surface area contributed by atoms with Crippen LogP contribution in [-0.2, 0) is 62.8 Å². The van der Waals surface area contributed by atoms with Crippen LogP contribution in [0.25, 0.3) is 0 Å². The van der Waals surface area contributed by atoms with E-state index in [4.69, 9.17) is 43.5 Å². The van der Waals surface area contributed by atoms with E-state index in [-0.39, 0.29) is 40.4 Å². The Morgan fingerprint density at radius 1 is 0.405 bits per heavy atom. The van der Waals surface area contributed by atoms with Crippen molar-refractivity contribution in [2.24, 2.45) is 23.7 Å². The number of hydrogen-bond donors (Lipinski definition) is 0. The summed E-state index contributed by atoms with van der Waals surface area (Å²) in [6, 6.07) is 16.3. The minimum Gasteiger partial charge on any atom is -0.428 e. The Hall–Kier alpha value is -7.03. The molecule has 0 aliphatic heterocycles. The Balaban J connectivity index is 1.05. The van der Waals surface area contributed by atoms with Crippen LogP contribution in [0.4, 0.5) is 14.4 Å². The van der Waals surface area contributed by atoms with Gasteiger partial charge in [-0.05, 0) is 170 Å². The molecule has 0 unspecified atom stereocenters. The molecule has 79 heavy (non-hydrogen) atoms. The summed E-state index contributed by atoms with van der Waals surface area (Å²) in [5, 5.41) is 2.32. The molecule has 3 aliphatic rings. The lowest BCUT2D eigenvalue weighted by Gasteiger charge is -2.45. The molecular formula is C61H76O15Si3. The zero-order valence-electron chi connectivity index (χ0n) is 45.9. The highest BCUT2D eigenvalue weighted by Gasteiger charge is 2.42. The summed E-state index contributed by atoms with van der Waals surface area (Å²) in [4.78, 5) is 108. The van der Waals surface area contributed by atoms with Crippen LogP contribution >= 0.6 is 0 Å². The predicted molar refractivity (Wildman–Crippen MR) is 309 cm³/mol. The zero-order valence-corrected chi connectivity index (χ0v) is 49.4. The highest BCUT2D eigenvalue weighted by atomic mass is 28.3. The van der Waals surface area contributed by atoms with E-state index >= 15 is 0 Å². The monoisotopic (exact) mass is 1130 g/mol. The minimum absolute atomic E-state index is 0.238. The van der Waals surface area contributed by atoms with Crippen molar-refractivity contribution in [2.45, 2.75) is 135 Å². The van der Waals surface area contributed by atoms with Gasteiger partial charge in [0, 0.05) is 0 Å². The number of carbonyl (C=O) groups is 6.